The monoisotopic (exact) mass is 1150 g/mol. The molecule has 2 aliphatic heterocycles. The smallest absolute Gasteiger partial charge is 0.0602 e. The van der Waals surface area contributed by atoms with Gasteiger partial charge in [-0.05, 0) is 185 Å². The van der Waals surface area contributed by atoms with Crippen LogP contribution in [0.1, 0.15) is 5.56 Å². The fourth-order valence-electron chi connectivity index (χ4n) is 13.9. The van der Waals surface area contributed by atoms with Gasteiger partial charge >= 0.3 is 0 Å². The molecule has 5 nitrogen and oxygen atoms in total. The minimum Gasteiger partial charge on any atom is -0.344 e. The topological polar surface area (TPSA) is 21.3 Å². The number of fused-ring (bicyclic) bond motifs is 13. The van der Waals surface area contributed by atoms with Crippen molar-refractivity contribution in [2.45, 2.75) is 26.1 Å². The molecular weight excluding hydrogens is 1100 g/mol. The summed E-state index contributed by atoms with van der Waals surface area (Å²) >= 11 is 3.72. The summed E-state index contributed by atoms with van der Waals surface area (Å²) in [5.74, 6) is 0. The maximum atomic E-state index is 2.50. The lowest BCUT2D eigenvalue weighted by Gasteiger charge is -2.34. The second kappa shape index (κ2) is 19.8. The molecule has 410 valence electrons. The first kappa shape index (κ1) is 49.9. The van der Waals surface area contributed by atoms with E-state index in [4.69, 9.17) is 0 Å². The second-order valence-electron chi connectivity index (χ2n) is 23.0. The predicted octanol–water partition coefficient (Wildman–Crippen LogP) is 22.3. The van der Waals surface area contributed by atoms with Gasteiger partial charge in [-0.3, -0.25) is 0 Å². The lowest BCUT2D eigenvalue weighted by molar-refractivity contribution is 0.937. The molecule has 0 saturated heterocycles. The Morgan fingerprint density at radius 1 is 0.264 bits per heavy atom. The Balaban J connectivity index is 0.654. The molecule has 18 rings (SSSR count). The zero-order valence-corrected chi connectivity index (χ0v) is 49.1. The van der Waals surface area contributed by atoms with E-state index in [0.29, 0.717) is 0 Å². The molecule has 0 N–H and O–H groups in total. The van der Waals surface area contributed by atoms with Crippen molar-refractivity contribution in [2.75, 3.05) is 9.80 Å². The summed E-state index contributed by atoms with van der Waals surface area (Å²) in [6.45, 7) is 0.740. The quantitative estimate of drug-likeness (QED) is 0.151. The Kier molecular flexibility index (Phi) is 11.4. The molecule has 0 aliphatic carbocycles. The number of hydrogen-bond acceptors (Lipinski definition) is 4. The van der Waals surface area contributed by atoms with Gasteiger partial charge in [0.15, 0.2) is 0 Å². The number of aromatic nitrogens is 3. The Hall–Kier alpha value is -10.4. The second-order valence-corrected chi connectivity index (χ2v) is 25.1. The van der Waals surface area contributed by atoms with E-state index in [1.54, 1.807) is 0 Å². The van der Waals surface area contributed by atoms with Gasteiger partial charge in [0.2, 0.25) is 0 Å². The van der Waals surface area contributed by atoms with Crippen molar-refractivity contribution in [2.24, 2.45) is 7.05 Å². The third kappa shape index (κ3) is 8.04. The Bertz CT molecular complexity index is 5460. The molecule has 0 atom stereocenters. The van der Waals surface area contributed by atoms with Crippen LogP contribution in [0.4, 0.5) is 28.4 Å². The molecule has 0 unspecified atom stereocenters. The maximum Gasteiger partial charge on any atom is 0.0602 e. The highest BCUT2D eigenvalue weighted by Crippen LogP contribution is 2.54. The molecule has 13 aromatic carbocycles. The third-order valence-corrected chi connectivity index (χ3v) is 20.3. The van der Waals surface area contributed by atoms with Crippen LogP contribution in [0, 0.1) is 0 Å². The van der Waals surface area contributed by atoms with Crippen molar-refractivity contribution >= 4 is 117 Å². The van der Waals surface area contributed by atoms with Crippen molar-refractivity contribution in [1.82, 2.24) is 13.7 Å². The van der Waals surface area contributed by atoms with E-state index in [0.717, 1.165) is 17.9 Å². The number of rotatable bonds is 8. The minimum atomic E-state index is 0.740. The minimum absolute atomic E-state index is 0.740. The Morgan fingerprint density at radius 2 is 0.632 bits per heavy atom. The first-order chi connectivity index (χ1) is 43.0. The Morgan fingerprint density at radius 3 is 1.20 bits per heavy atom. The van der Waals surface area contributed by atoms with Gasteiger partial charge in [0.25, 0.3) is 0 Å². The van der Waals surface area contributed by atoms with E-state index in [1.165, 1.54) is 152 Å². The van der Waals surface area contributed by atoms with Gasteiger partial charge in [-0.1, -0.05) is 169 Å². The first-order valence-electron chi connectivity index (χ1n) is 29.7. The number of aryl methyl sites for hydroxylation is 1. The molecule has 7 heteroatoms. The van der Waals surface area contributed by atoms with Gasteiger partial charge in [-0.15, -0.1) is 0 Å². The molecule has 0 saturated carbocycles. The highest BCUT2D eigenvalue weighted by Gasteiger charge is 2.28. The maximum absolute atomic E-state index is 2.50. The zero-order valence-electron chi connectivity index (χ0n) is 47.5. The van der Waals surface area contributed by atoms with Gasteiger partial charge in [-0.2, -0.15) is 0 Å². The number of benzene rings is 13. The van der Waals surface area contributed by atoms with E-state index in [1.807, 2.05) is 23.5 Å². The van der Waals surface area contributed by atoms with Gasteiger partial charge in [0.05, 0.1) is 44.8 Å². The van der Waals surface area contributed by atoms with E-state index < -0.39 is 0 Å². The molecular formula is C80H53N5S2. The molecule has 2 aliphatic rings. The van der Waals surface area contributed by atoms with Crippen LogP contribution < -0.4 is 9.80 Å². The normalized spacial score (nSPS) is 12.8. The largest absolute Gasteiger partial charge is 0.344 e. The van der Waals surface area contributed by atoms with Crippen molar-refractivity contribution < 1.29 is 0 Å². The van der Waals surface area contributed by atoms with Crippen LogP contribution in [0.25, 0.3) is 110 Å². The molecule has 0 spiro atoms. The summed E-state index contributed by atoms with van der Waals surface area (Å²) in [5.41, 5.74) is 24.1. The van der Waals surface area contributed by atoms with Gasteiger partial charge < -0.3 is 23.5 Å². The Labute approximate surface area is 512 Å². The molecule has 0 radical (unpaired) electrons. The number of anilines is 5. The van der Waals surface area contributed by atoms with Crippen LogP contribution in [0.15, 0.2) is 311 Å². The van der Waals surface area contributed by atoms with Crippen LogP contribution >= 0.6 is 23.5 Å². The molecule has 5 heterocycles. The standard InChI is InChI=1S/C80H53N5S2/c1-81-67-38-30-52(54-32-40-71-63(44-54)61-20-8-10-22-69(61)83(71)58-16-4-2-5-17-58)46-65(67)66-47-53(31-39-68(66)81)55-33-41-72-64(45-55)62-21-9-11-23-70(62)84(72)60-36-28-51(29-37-60)50-82-73-24-12-14-26-77(73)86-79-48-56(34-42-74(79)82)57-35-43-76-80(49-57)87-78-27-15-13-25-75(78)85(76)59-18-6-3-7-19-59/h2-49H,50H2,1H3. The first-order valence-corrected chi connectivity index (χ1v) is 31.4. The lowest BCUT2D eigenvalue weighted by atomic mass is 9.98. The number of hydrogen-bond donors (Lipinski definition) is 0. The van der Waals surface area contributed by atoms with E-state index in [-0.39, 0.29) is 0 Å². The molecule has 0 fully saturated rings. The van der Waals surface area contributed by atoms with Gasteiger partial charge in [-0.25, -0.2) is 0 Å². The summed E-state index contributed by atoms with van der Waals surface area (Å²) in [6, 6.07) is 108. The van der Waals surface area contributed by atoms with Crippen LogP contribution in [-0.4, -0.2) is 13.7 Å². The molecule has 16 aromatic rings. The van der Waals surface area contributed by atoms with E-state index >= 15 is 0 Å². The molecule has 87 heavy (non-hydrogen) atoms. The van der Waals surface area contributed by atoms with Crippen LogP contribution in [0.5, 0.6) is 0 Å². The van der Waals surface area contributed by atoms with Crippen LogP contribution in [0.3, 0.4) is 0 Å². The van der Waals surface area contributed by atoms with E-state index in [9.17, 15) is 0 Å². The summed E-state index contributed by atoms with van der Waals surface area (Å²) < 4.78 is 7.16. The average Bonchev–Trinajstić information content (AvgIpc) is 2.03. The van der Waals surface area contributed by atoms with Gasteiger partial charge in [0.1, 0.15) is 0 Å². The fourth-order valence-corrected chi connectivity index (χ4v) is 16.2. The highest BCUT2D eigenvalue weighted by atomic mass is 32.2. The molecule has 0 bridgehead atoms. The SMILES string of the molecule is Cn1c2ccc(-c3ccc4c(c3)c3ccccc3n4-c3ccccc3)cc2c2cc(-c3ccc4c(c3)c3ccccc3n4-c3ccc(CN4c5ccccc5Sc5cc(-c6ccc7c(c6)Sc6ccccc6N7c6ccccc6)ccc54)cc3)ccc21. The van der Waals surface area contributed by atoms with Crippen molar-refractivity contribution in [3.63, 3.8) is 0 Å². The third-order valence-electron chi connectivity index (χ3n) is 18.1. The van der Waals surface area contributed by atoms with E-state index in [2.05, 4.69) is 322 Å². The van der Waals surface area contributed by atoms with Crippen LogP contribution in [0.2, 0.25) is 0 Å². The number of para-hydroxylation sites is 6. The lowest BCUT2D eigenvalue weighted by Crippen LogP contribution is -2.20. The number of nitrogens with zero attached hydrogens (tertiary/aromatic N) is 5. The zero-order chi connectivity index (χ0) is 57.3. The predicted molar refractivity (Wildman–Crippen MR) is 367 cm³/mol. The summed E-state index contributed by atoms with van der Waals surface area (Å²) in [6.07, 6.45) is 0. The van der Waals surface area contributed by atoms with Crippen molar-refractivity contribution in [3.8, 4) is 44.8 Å². The van der Waals surface area contributed by atoms with Crippen LogP contribution in [-0.2, 0) is 13.6 Å². The van der Waals surface area contributed by atoms with Crippen molar-refractivity contribution in [3.05, 3.63) is 297 Å². The van der Waals surface area contributed by atoms with Crippen molar-refractivity contribution in [1.29, 1.82) is 0 Å². The summed E-state index contributed by atoms with van der Waals surface area (Å²) in [5, 5.41) is 7.50. The molecule has 0 amide bonds. The fraction of sp³-hybridized carbons (Fsp3) is 0.0250. The highest BCUT2D eigenvalue weighted by molar-refractivity contribution is 8.00. The van der Waals surface area contributed by atoms with Gasteiger partial charge in [0, 0.05) is 93.6 Å². The summed E-state index contributed by atoms with van der Waals surface area (Å²) in [7, 11) is 2.19. The summed E-state index contributed by atoms with van der Waals surface area (Å²) in [4.78, 5) is 9.93. The average molecular weight is 1150 g/mol. The molecule has 3 aromatic heterocycles.